The zero-order chi connectivity index (χ0) is 13.1. The van der Waals surface area contributed by atoms with Gasteiger partial charge in [0, 0.05) is 48.3 Å². The van der Waals surface area contributed by atoms with E-state index >= 15 is 0 Å². The van der Waals surface area contributed by atoms with Gasteiger partial charge in [-0.25, -0.2) is 0 Å². The third kappa shape index (κ3) is 2.86. The second-order valence-electron chi connectivity index (χ2n) is 4.92. The molecule has 0 radical (unpaired) electrons. The zero-order valence-electron chi connectivity index (χ0n) is 11.2. The van der Waals surface area contributed by atoms with Gasteiger partial charge in [-0.2, -0.15) is 0 Å². The van der Waals surface area contributed by atoms with Crippen molar-refractivity contribution in [2.24, 2.45) is 0 Å². The number of thiophene rings is 1. The first-order chi connectivity index (χ1) is 9.34. The maximum Gasteiger partial charge on any atom is 0.0698 e. The molecule has 1 saturated heterocycles. The number of rotatable bonds is 3. The fourth-order valence-corrected chi connectivity index (χ4v) is 3.68. The van der Waals surface area contributed by atoms with Gasteiger partial charge < -0.3 is 5.32 Å². The van der Waals surface area contributed by atoms with E-state index in [4.69, 9.17) is 0 Å². The van der Waals surface area contributed by atoms with Crippen molar-refractivity contribution in [3.8, 4) is 0 Å². The lowest BCUT2D eigenvalue weighted by molar-refractivity contribution is 0.200. The van der Waals surface area contributed by atoms with Crippen LogP contribution in [0.5, 0.6) is 0 Å². The first-order valence-corrected chi connectivity index (χ1v) is 7.57. The first kappa shape index (κ1) is 12.8. The number of piperazine rings is 1. The highest BCUT2D eigenvalue weighted by Gasteiger charge is 2.24. The van der Waals surface area contributed by atoms with Crippen LogP contribution in [-0.2, 0) is 0 Å². The van der Waals surface area contributed by atoms with E-state index in [0.29, 0.717) is 6.04 Å². The van der Waals surface area contributed by atoms with Gasteiger partial charge >= 0.3 is 0 Å². The molecule has 2 aromatic rings. The standard InChI is InChI=1S/C15H19N3S/c1-12-2-3-14(19-12)15(13-4-6-16-7-5-13)18-10-8-17-9-11-18/h2-7,15,17H,8-11H2,1H3. The molecule has 0 amide bonds. The predicted molar refractivity (Wildman–Crippen MR) is 79.6 cm³/mol. The van der Waals surface area contributed by atoms with Crippen LogP contribution >= 0.6 is 11.3 Å². The van der Waals surface area contributed by atoms with Gasteiger partial charge in [0.25, 0.3) is 0 Å². The summed E-state index contributed by atoms with van der Waals surface area (Å²) < 4.78 is 0. The van der Waals surface area contributed by atoms with Gasteiger partial charge in [0.1, 0.15) is 0 Å². The molecular weight excluding hydrogens is 254 g/mol. The van der Waals surface area contributed by atoms with E-state index in [1.807, 2.05) is 23.7 Å². The molecule has 1 aliphatic heterocycles. The summed E-state index contributed by atoms with van der Waals surface area (Å²) >= 11 is 1.90. The Balaban J connectivity index is 1.95. The van der Waals surface area contributed by atoms with Crippen LogP contribution in [0.4, 0.5) is 0 Å². The van der Waals surface area contributed by atoms with Gasteiger partial charge in [0.05, 0.1) is 6.04 Å². The summed E-state index contributed by atoms with van der Waals surface area (Å²) in [4.78, 5) is 9.53. The SMILES string of the molecule is Cc1ccc(C(c2ccncc2)N2CCNCC2)s1. The molecule has 1 unspecified atom stereocenters. The van der Waals surface area contributed by atoms with Crippen molar-refractivity contribution in [1.82, 2.24) is 15.2 Å². The minimum Gasteiger partial charge on any atom is -0.314 e. The first-order valence-electron chi connectivity index (χ1n) is 6.75. The summed E-state index contributed by atoms with van der Waals surface area (Å²) in [5.74, 6) is 0. The second kappa shape index (κ2) is 5.82. The van der Waals surface area contributed by atoms with E-state index in [2.05, 4.69) is 46.4 Å². The molecule has 0 aliphatic carbocycles. The maximum absolute atomic E-state index is 4.14. The van der Waals surface area contributed by atoms with E-state index < -0.39 is 0 Å². The average molecular weight is 273 g/mol. The van der Waals surface area contributed by atoms with Crippen LogP contribution in [0.3, 0.4) is 0 Å². The molecule has 3 heterocycles. The lowest BCUT2D eigenvalue weighted by Gasteiger charge is -2.34. The van der Waals surface area contributed by atoms with Crippen molar-refractivity contribution >= 4 is 11.3 Å². The fraction of sp³-hybridized carbons (Fsp3) is 0.400. The molecule has 3 nitrogen and oxygen atoms in total. The van der Waals surface area contributed by atoms with Crippen LogP contribution in [0, 0.1) is 6.92 Å². The molecule has 0 bridgehead atoms. The number of aryl methyl sites for hydroxylation is 1. The van der Waals surface area contributed by atoms with Crippen LogP contribution in [0.1, 0.15) is 21.4 Å². The van der Waals surface area contributed by atoms with Gasteiger partial charge in [0.15, 0.2) is 0 Å². The van der Waals surface area contributed by atoms with Crippen molar-refractivity contribution < 1.29 is 0 Å². The van der Waals surface area contributed by atoms with Crippen LogP contribution in [0.2, 0.25) is 0 Å². The monoisotopic (exact) mass is 273 g/mol. The highest BCUT2D eigenvalue weighted by molar-refractivity contribution is 7.12. The summed E-state index contributed by atoms with van der Waals surface area (Å²) in [6.45, 7) is 6.53. The summed E-state index contributed by atoms with van der Waals surface area (Å²) in [5.41, 5.74) is 1.35. The summed E-state index contributed by atoms with van der Waals surface area (Å²) in [7, 11) is 0. The van der Waals surface area contributed by atoms with Crippen molar-refractivity contribution in [2.45, 2.75) is 13.0 Å². The van der Waals surface area contributed by atoms with Gasteiger partial charge in [-0.3, -0.25) is 9.88 Å². The molecule has 1 fully saturated rings. The molecule has 19 heavy (non-hydrogen) atoms. The van der Waals surface area contributed by atoms with E-state index in [9.17, 15) is 0 Å². The topological polar surface area (TPSA) is 28.2 Å². The van der Waals surface area contributed by atoms with Gasteiger partial charge in [-0.05, 0) is 36.8 Å². The average Bonchev–Trinajstić information content (AvgIpc) is 2.88. The molecule has 2 aromatic heterocycles. The summed E-state index contributed by atoms with van der Waals surface area (Å²) in [6, 6.07) is 9.15. The predicted octanol–water partition coefficient (Wildman–Crippen LogP) is 2.45. The summed E-state index contributed by atoms with van der Waals surface area (Å²) in [5, 5.41) is 3.43. The lowest BCUT2D eigenvalue weighted by atomic mass is 10.0. The Bertz CT molecular complexity index is 517. The zero-order valence-corrected chi connectivity index (χ0v) is 12.0. The number of nitrogens with zero attached hydrogens (tertiary/aromatic N) is 2. The third-order valence-corrected chi connectivity index (χ3v) is 4.62. The van der Waals surface area contributed by atoms with Crippen LogP contribution < -0.4 is 5.32 Å². The van der Waals surface area contributed by atoms with Crippen molar-refractivity contribution in [3.63, 3.8) is 0 Å². The van der Waals surface area contributed by atoms with Crippen molar-refractivity contribution in [2.75, 3.05) is 26.2 Å². The Morgan fingerprint density at radius 2 is 1.89 bits per heavy atom. The Kier molecular flexibility index (Phi) is 3.92. The minimum absolute atomic E-state index is 0.379. The molecule has 0 saturated carbocycles. The molecule has 1 N–H and O–H groups in total. The molecule has 4 heteroatoms. The van der Waals surface area contributed by atoms with Crippen molar-refractivity contribution in [3.05, 3.63) is 52.0 Å². The summed E-state index contributed by atoms with van der Waals surface area (Å²) in [6.07, 6.45) is 3.79. The second-order valence-corrected chi connectivity index (χ2v) is 6.24. The van der Waals surface area contributed by atoms with Crippen LogP contribution in [0.15, 0.2) is 36.7 Å². The lowest BCUT2D eigenvalue weighted by Crippen LogP contribution is -2.45. The fourth-order valence-electron chi connectivity index (χ4n) is 2.64. The normalized spacial score (nSPS) is 18.4. The van der Waals surface area contributed by atoms with E-state index in [-0.39, 0.29) is 0 Å². The molecule has 3 rings (SSSR count). The van der Waals surface area contributed by atoms with Gasteiger partial charge in [-0.1, -0.05) is 0 Å². The molecule has 0 spiro atoms. The van der Waals surface area contributed by atoms with Gasteiger partial charge in [0.2, 0.25) is 0 Å². The van der Waals surface area contributed by atoms with E-state index in [0.717, 1.165) is 26.2 Å². The Morgan fingerprint density at radius 3 is 2.53 bits per heavy atom. The number of nitrogens with one attached hydrogen (secondary N) is 1. The number of pyridine rings is 1. The van der Waals surface area contributed by atoms with Gasteiger partial charge in [-0.15, -0.1) is 11.3 Å². The number of aromatic nitrogens is 1. The highest BCUT2D eigenvalue weighted by atomic mass is 32.1. The molecule has 1 aliphatic rings. The van der Waals surface area contributed by atoms with E-state index in [1.165, 1.54) is 15.3 Å². The maximum atomic E-state index is 4.14. The van der Waals surface area contributed by atoms with Crippen LogP contribution in [0.25, 0.3) is 0 Å². The quantitative estimate of drug-likeness (QED) is 0.931. The number of hydrogen-bond acceptors (Lipinski definition) is 4. The molecular formula is C15H19N3S. The van der Waals surface area contributed by atoms with Crippen molar-refractivity contribution in [1.29, 1.82) is 0 Å². The Labute approximate surface area is 118 Å². The third-order valence-electron chi connectivity index (χ3n) is 3.57. The highest BCUT2D eigenvalue weighted by Crippen LogP contribution is 2.33. The molecule has 100 valence electrons. The smallest absolute Gasteiger partial charge is 0.0698 e. The minimum atomic E-state index is 0.379. The largest absolute Gasteiger partial charge is 0.314 e. The molecule has 1 atom stereocenters. The Hall–Kier alpha value is -1.23. The Morgan fingerprint density at radius 1 is 1.16 bits per heavy atom. The number of hydrogen-bond donors (Lipinski definition) is 1. The van der Waals surface area contributed by atoms with E-state index in [1.54, 1.807) is 0 Å². The van der Waals surface area contributed by atoms with Crippen LogP contribution in [-0.4, -0.2) is 36.1 Å². The molecule has 0 aromatic carbocycles.